The lowest BCUT2D eigenvalue weighted by molar-refractivity contribution is -0.120. The zero-order valence-corrected chi connectivity index (χ0v) is 20.0. The molecule has 4 rings (SSSR count). The molecule has 0 fully saturated rings. The third kappa shape index (κ3) is 5.09. The van der Waals surface area contributed by atoms with Gasteiger partial charge in [0.25, 0.3) is 0 Å². The number of hydrogen-bond acceptors (Lipinski definition) is 6. The molecular formula is C24H23FN4O2S2. The number of thiophene rings is 1. The first-order valence-corrected chi connectivity index (χ1v) is 12.1. The number of thioether (sulfide) groups is 1. The Morgan fingerprint density at radius 2 is 1.85 bits per heavy atom. The highest BCUT2D eigenvalue weighted by molar-refractivity contribution is 8.00. The maximum atomic E-state index is 13.2. The van der Waals surface area contributed by atoms with E-state index in [-0.39, 0.29) is 17.8 Å². The Balaban J connectivity index is 1.60. The van der Waals surface area contributed by atoms with E-state index in [0.717, 1.165) is 16.1 Å². The summed E-state index contributed by atoms with van der Waals surface area (Å²) in [6, 6.07) is 17.4. The fourth-order valence-corrected chi connectivity index (χ4v) is 4.89. The van der Waals surface area contributed by atoms with Crippen molar-refractivity contribution in [3.8, 4) is 22.1 Å². The minimum absolute atomic E-state index is 0.149. The number of benzene rings is 2. The monoisotopic (exact) mass is 482 g/mol. The van der Waals surface area contributed by atoms with Crippen molar-refractivity contribution in [3.63, 3.8) is 0 Å². The van der Waals surface area contributed by atoms with Gasteiger partial charge in [0.15, 0.2) is 11.0 Å². The molecule has 2 atom stereocenters. The van der Waals surface area contributed by atoms with Gasteiger partial charge in [-0.3, -0.25) is 9.36 Å². The van der Waals surface area contributed by atoms with Gasteiger partial charge < -0.3 is 10.1 Å². The molecule has 0 aliphatic carbocycles. The molecule has 2 aromatic carbocycles. The summed E-state index contributed by atoms with van der Waals surface area (Å²) in [6.45, 7) is 3.69. The van der Waals surface area contributed by atoms with E-state index in [9.17, 15) is 9.18 Å². The van der Waals surface area contributed by atoms with Crippen molar-refractivity contribution in [1.82, 2.24) is 20.1 Å². The highest BCUT2D eigenvalue weighted by atomic mass is 32.2. The van der Waals surface area contributed by atoms with Gasteiger partial charge in [-0.15, -0.1) is 21.5 Å². The summed E-state index contributed by atoms with van der Waals surface area (Å²) in [4.78, 5) is 13.9. The number of rotatable bonds is 8. The van der Waals surface area contributed by atoms with Gasteiger partial charge in [0.1, 0.15) is 11.6 Å². The van der Waals surface area contributed by atoms with E-state index in [1.807, 2.05) is 60.2 Å². The number of nitrogens with zero attached hydrogens (tertiary/aromatic N) is 3. The van der Waals surface area contributed by atoms with Crippen LogP contribution in [-0.2, 0) is 4.79 Å². The van der Waals surface area contributed by atoms with Crippen LogP contribution in [0.2, 0.25) is 0 Å². The van der Waals surface area contributed by atoms with Crippen LogP contribution in [0.3, 0.4) is 0 Å². The molecule has 0 saturated heterocycles. The van der Waals surface area contributed by atoms with Gasteiger partial charge in [0, 0.05) is 0 Å². The van der Waals surface area contributed by atoms with Crippen LogP contribution < -0.4 is 10.1 Å². The number of hydrogen-bond donors (Lipinski definition) is 1. The number of methoxy groups -OCH3 is 1. The molecule has 33 heavy (non-hydrogen) atoms. The third-order valence-electron chi connectivity index (χ3n) is 5.08. The third-order valence-corrected chi connectivity index (χ3v) is 6.99. The number of amides is 1. The minimum Gasteiger partial charge on any atom is -0.495 e. The summed E-state index contributed by atoms with van der Waals surface area (Å²) in [5.41, 5.74) is 1.63. The van der Waals surface area contributed by atoms with E-state index in [2.05, 4.69) is 15.5 Å². The van der Waals surface area contributed by atoms with E-state index in [0.29, 0.717) is 16.7 Å². The number of ether oxygens (including phenoxy) is 1. The number of halogens is 1. The second-order valence-corrected chi connectivity index (χ2v) is 9.59. The van der Waals surface area contributed by atoms with Crippen LogP contribution in [0.1, 0.15) is 25.5 Å². The summed E-state index contributed by atoms with van der Waals surface area (Å²) in [5.74, 6) is 0.908. The Hall–Kier alpha value is -3.17. The molecule has 2 aromatic heterocycles. The van der Waals surface area contributed by atoms with Crippen molar-refractivity contribution in [3.05, 3.63) is 77.4 Å². The van der Waals surface area contributed by atoms with E-state index >= 15 is 0 Å². The van der Waals surface area contributed by atoms with Gasteiger partial charge in [-0.2, -0.15) is 0 Å². The molecular weight excluding hydrogens is 459 g/mol. The second-order valence-electron chi connectivity index (χ2n) is 7.33. The fourth-order valence-electron chi connectivity index (χ4n) is 3.32. The topological polar surface area (TPSA) is 69.0 Å². The molecule has 4 aromatic rings. The van der Waals surface area contributed by atoms with Crippen LogP contribution in [-0.4, -0.2) is 33.0 Å². The van der Waals surface area contributed by atoms with Crippen LogP contribution in [0.15, 0.2) is 71.2 Å². The van der Waals surface area contributed by atoms with Gasteiger partial charge in [-0.05, 0) is 55.1 Å². The number of carbonyl (C=O) groups excluding carboxylic acids is 1. The summed E-state index contributed by atoms with van der Waals surface area (Å²) in [7, 11) is 1.62. The van der Waals surface area contributed by atoms with Crippen LogP contribution in [0.25, 0.3) is 16.4 Å². The van der Waals surface area contributed by atoms with E-state index in [1.54, 1.807) is 30.6 Å². The molecule has 6 nitrogen and oxygen atoms in total. The molecule has 2 heterocycles. The first kappa shape index (κ1) is 23.0. The molecule has 0 aliphatic rings. The number of para-hydroxylation sites is 2. The van der Waals surface area contributed by atoms with Crippen molar-refractivity contribution >= 4 is 29.0 Å². The largest absolute Gasteiger partial charge is 0.495 e. The Morgan fingerprint density at radius 1 is 1.09 bits per heavy atom. The van der Waals surface area contributed by atoms with Gasteiger partial charge >= 0.3 is 0 Å². The molecule has 2 unspecified atom stereocenters. The molecule has 0 aliphatic heterocycles. The van der Waals surface area contributed by atoms with Crippen molar-refractivity contribution in [2.75, 3.05) is 7.11 Å². The van der Waals surface area contributed by atoms with Crippen molar-refractivity contribution < 1.29 is 13.9 Å². The van der Waals surface area contributed by atoms with E-state index < -0.39 is 5.25 Å². The molecule has 0 saturated carbocycles. The van der Waals surface area contributed by atoms with Crippen molar-refractivity contribution in [2.24, 2.45) is 0 Å². The molecule has 0 radical (unpaired) electrons. The second kappa shape index (κ2) is 10.2. The quantitative estimate of drug-likeness (QED) is 0.336. The fraction of sp³-hybridized carbons (Fsp3) is 0.208. The van der Waals surface area contributed by atoms with Crippen molar-refractivity contribution in [1.29, 1.82) is 0 Å². The predicted octanol–water partition coefficient (Wildman–Crippen LogP) is 5.50. The number of carbonyl (C=O) groups is 1. The molecule has 1 N–H and O–H groups in total. The molecule has 170 valence electrons. The lowest BCUT2D eigenvalue weighted by atomic mass is 10.1. The summed E-state index contributed by atoms with van der Waals surface area (Å²) >= 11 is 2.88. The highest BCUT2D eigenvalue weighted by Crippen LogP contribution is 2.35. The Kier molecular flexibility index (Phi) is 7.10. The number of aromatic nitrogens is 3. The lowest BCUT2D eigenvalue weighted by Gasteiger charge is -2.18. The summed E-state index contributed by atoms with van der Waals surface area (Å²) in [5, 5.41) is 13.9. The molecule has 9 heteroatoms. The van der Waals surface area contributed by atoms with Crippen LogP contribution in [0, 0.1) is 5.82 Å². The Morgan fingerprint density at radius 3 is 2.55 bits per heavy atom. The first-order chi connectivity index (χ1) is 16.0. The predicted molar refractivity (Wildman–Crippen MR) is 130 cm³/mol. The summed E-state index contributed by atoms with van der Waals surface area (Å²) in [6.07, 6.45) is 0. The highest BCUT2D eigenvalue weighted by Gasteiger charge is 2.24. The lowest BCUT2D eigenvalue weighted by Crippen LogP contribution is -2.33. The maximum Gasteiger partial charge on any atom is 0.233 e. The Labute approximate surface area is 199 Å². The van der Waals surface area contributed by atoms with Crippen LogP contribution >= 0.6 is 23.1 Å². The van der Waals surface area contributed by atoms with Gasteiger partial charge in [-0.25, -0.2) is 4.39 Å². The zero-order valence-electron chi connectivity index (χ0n) is 18.4. The molecule has 1 amide bonds. The average molecular weight is 483 g/mol. The van der Waals surface area contributed by atoms with Gasteiger partial charge in [0.05, 0.1) is 29.0 Å². The average Bonchev–Trinajstić information content (AvgIpc) is 3.49. The van der Waals surface area contributed by atoms with Gasteiger partial charge in [-0.1, -0.05) is 42.1 Å². The van der Waals surface area contributed by atoms with Crippen LogP contribution in [0.5, 0.6) is 5.75 Å². The smallest absolute Gasteiger partial charge is 0.233 e. The Bertz CT molecular complexity index is 1230. The SMILES string of the molecule is COc1ccccc1-n1c(SC(C)C(=O)NC(C)c2ccc(F)cc2)nnc1-c1cccs1. The molecule has 0 spiro atoms. The maximum absolute atomic E-state index is 13.2. The summed E-state index contributed by atoms with van der Waals surface area (Å²) < 4.78 is 20.7. The first-order valence-electron chi connectivity index (χ1n) is 10.3. The number of nitrogens with one attached hydrogen (secondary N) is 1. The van der Waals surface area contributed by atoms with Crippen molar-refractivity contribution in [2.45, 2.75) is 30.3 Å². The minimum atomic E-state index is -0.443. The van der Waals surface area contributed by atoms with Crippen LogP contribution in [0.4, 0.5) is 4.39 Å². The van der Waals surface area contributed by atoms with E-state index in [4.69, 9.17) is 4.74 Å². The normalized spacial score (nSPS) is 12.8. The van der Waals surface area contributed by atoms with E-state index in [1.165, 1.54) is 23.9 Å². The molecule has 0 bridgehead atoms. The standard InChI is InChI=1S/C24H23FN4O2S2/c1-15(17-10-12-18(25)13-11-17)26-23(30)16(2)33-24-28-27-22(21-9-6-14-32-21)29(24)19-7-4-5-8-20(19)31-3/h4-16H,1-3H3,(H,26,30). The van der Waals surface area contributed by atoms with Gasteiger partial charge in [0.2, 0.25) is 5.91 Å². The zero-order chi connectivity index (χ0) is 23.4.